The van der Waals surface area contributed by atoms with E-state index in [1.165, 1.54) is 45.5 Å². The topological polar surface area (TPSA) is 221 Å². The standard InChI is InChI=1S/C21H16BrF2N3O3.C21H16F3N3O3.C20H17N3O3/c2*1-12-20(13(2)30-26-12)16-9-14-6-7-19(28)27(11-15-5-3-4-8-25-15)17(14)10-18(16)29-21(22,23)24;1-12-20(13(2)26-22-12)16-9-14-6-7-19(25)23(17(14)10-18(16)24)11-15-5-3-4-8-21-15/h2*3-10H,11H2,1-2H3;3-10,24H,11H2,1-2H3. The first-order valence-corrected chi connectivity index (χ1v) is 27.0. The van der Waals surface area contributed by atoms with Crippen LogP contribution in [-0.4, -0.2) is 60.6 Å². The van der Waals surface area contributed by atoms with Gasteiger partial charge in [-0.3, -0.25) is 29.3 Å². The zero-order valence-electron chi connectivity index (χ0n) is 46.5. The van der Waals surface area contributed by atoms with Crippen molar-refractivity contribution >= 4 is 48.6 Å². The van der Waals surface area contributed by atoms with E-state index in [-0.39, 0.29) is 46.8 Å². The van der Waals surface area contributed by atoms with Gasteiger partial charge in [0, 0.05) is 87.6 Å². The molecule has 0 spiro atoms. The summed E-state index contributed by atoms with van der Waals surface area (Å²) in [5.41, 5.74) is 7.25. The Morgan fingerprint density at radius 3 is 1.12 bits per heavy atom. The van der Waals surface area contributed by atoms with Crippen molar-refractivity contribution in [3.05, 3.63) is 228 Å². The van der Waals surface area contributed by atoms with Gasteiger partial charge in [0.1, 0.15) is 34.5 Å². The van der Waals surface area contributed by atoms with Gasteiger partial charge in [0.05, 0.1) is 87.0 Å². The summed E-state index contributed by atoms with van der Waals surface area (Å²) in [6.07, 6.45) is -0.0128. The van der Waals surface area contributed by atoms with E-state index >= 15 is 0 Å². The number of pyridine rings is 6. The maximum atomic E-state index is 13.7. The van der Waals surface area contributed by atoms with Crippen molar-refractivity contribution in [3.8, 4) is 50.6 Å². The molecule has 0 saturated heterocycles. The van der Waals surface area contributed by atoms with E-state index in [2.05, 4.69) is 51.1 Å². The number of benzene rings is 3. The maximum Gasteiger partial charge on any atom is 0.573 e. The van der Waals surface area contributed by atoms with Crippen LogP contribution in [0.1, 0.15) is 51.4 Å². The van der Waals surface area contributed by atoms with Gasteiger partial charge in [0.15, 0.2) is 0 Å². The van der Waals surface area contributed by atoms with Gasteiger partial charge in [0.25, 0.3) is 16.7 Å². The van der Waals surface area contributed by atoms with Crippen LogP contribution >= 0.6 is 15.9 Å². The summed E-state index contributed by atoms with van der Waals surface area (Å²) in [6, 6.07) is 34.8. The monoisotopic (exact) mass is 1240 g/mol. The number of aryl methyl sites for hydroxylation is 6. The van der Waals surface area contributed by atoms with E-state index in [0.717, 1.165) is 16.6 Å². The summed E-state index contributed by atoms with van der Waals surface area (Å²) in [7, 11) is 0. The van der Waals surface area contributed by atoms with Crippen LogP contribution in [0.25, 0.3) is 66.1 Å². The predicted molar refractivity (Wildman–Crippen MR) is 312 cm³/mol. The molecule has 0 unspecified atom stereocenters. The zero-order valence-corrected chi connectivity index (χ0v) is 48.1. The lowest BCUT2D eigenvalue weighted by atomic mass is 10.0. The number of halogens is 6. The Hall–Kier alpha value is -10.1. The van der Waals surface area contributed by atoms with Gasteiger partial charge >= 0.3 is 11.4 Å². The number of hydrogen-bond acceptors (Lipinski definition) is 15. The third-order valence-corrected chi connectivity index (χ3v) is 13.9. The molecule has 0 amide bonds. The molecule has 0 saturated carbocycles. The van der Waals surface area contributed by atoms with Crippen LogP contribution in [0.3, 0.4) is 0 Å². The van der Waals surface area contributed by atoms with Gasteiger partial charge in [-0.1, -0.05) is 33.7 Å². The smallest absolute Gasteiger partial charge is 0.507 e. The second-order valence-corrected chi connectivity index (χ2v) is 20.6. The lowest BCUT2D eigenvalue weighted by Crippen LogP contribution is -2.21. The highest BCUT2D eigenvalue weighted by atomic mass is 79.9. The summed E-state index contributed by atoms with van der Waals surface area (Å²) < 4.78 is 96.1. The lowest BCUT2D eigenvalue weighted by Gasteiger charge is -2.18. The Labute approximate surface area is 492 Å². The van der Waals surface area contributed by atoms with Crippen molar-refractivity contribution < 1.29 is 50.1 Å². The second kappa shape index (κ2) is 24.2. The molecule has 0 aliphatic rings. The number of ether oxygens (including phenoxy) is 2. The highest BCUT2D eigenvalue weighted by molar-refractivity contribution is 9.09. The molecule has 0 bridgehead atoms. The second-order valence-electron chi connectivity index (χ2n) is 19.7. The first-order chi connectivity index (χ1) is 41.0. The molecule has 0 radical (unpaired) electrons. The summed E-state index contributed by atoms with van der Waals surface area (Å²) in [4.78, 5) is 50.2. The summed E-state index contributed by atoms with van der Waals surface area (Å²) in [6.45, 7) is 10.9. The summed E-state index contributed by atoms with van der Waals surface area (Å²) in [5.74, 6) is 0.993. The van der Waals surface area contributed by atoms with E-state index in [1.54, 1.807) is 118 Å². The Morgan fingerprint density at radius 2 is 0.802 bits per heavy atom. The fraction of sp³-hybridized carbons (Fsp3) is 0.177. The predicted octanol–water partition coefficient (Wildman–Crippen LogP) is 13.1. The number of phenolic OH excluding ortho intramolecular Hbond substituents is 1. The number of nitrogens with zero attached hydrogens (tertiary/aromatic N) is 9. The number of hydrogen-bond donors (Lipinski definition) is 1. The van der Waals surface area contributed by atoms with E-state index in [4.69, 9.17) is 18.3 Å². The number of phenols is 1. The molecule has 24 heteroatoms. The van der Waals surface area contributed by atoms with Crippen molar-refractivity contribution in [2.75, 3.05) is 0 Å². The quantitative estimate of drug-likeness (QED) is 0.0887. The number of rotatable bonds is 12. The third-order valence-electron chi connectivity index (χ3n) is 13.8. The Balaban J connectivity index is 0.000000144. The Morgan fingerprint density at radius 1 is 0.465 bits per heavy atom. The summed E-state index contributed by atoms with van der Waals surface area (Å²) in [5, 5.41) is 20.8. The molecule has 1 N–H and O–H groups in total. The largest absolute Gasteiger partial charge is 0.573 e. The molecule has 438 valence electrons. The molecule has 0 aliphatic heterocycles. The van der Waals surface area contributed by atoms with Crippen LogP contribution in [0.2, 0.25) is 0 Å². The molecular weight excluding hydrogens is 1190 g/mol. The molecule has 0 aliphatic carbocycles. The van der Waals surface area contributed by atoms with Crippen LogP contribution < -0.4 is 26.2 Å². The highest BCUT2D eigenvalue weighted by Gasteiger charge is 2.34. The van der Waals surface area contributed by atoms with Gasteiger partial charge in [0.2, 0.25) is 0 Å². The number of fused-ring (bicyclic) bond motifs is 3. The van der Waals surface area contributed by atoms with Crippen molar-refractivity contribution in [2.24, 2.45) is 0 Å². The average Bonchev–Trinajstić information content (AvgIpc) is 1.31. The van der Waals surface area contributed by atoms with Crippen LogP contribution in [0.5, 0.6) is 17.2 Å². The third kappa shape index (κ3) is 13.0. The molecule has 3 aromatic carbocycles. The van der Waals surface area contributed by atoms with Crippen molar-refractivity contribution in [2.45, 2.75) is 72.6 Å². The summed E-state index contributed by atoms with van der Waals surface area (Å²) >= 11 is 2.23. The zero-order chi connectivity index (χ0) is 61.2. The normalized spacial score (nSPS) is 11.6. The van der Waals surface area contributed by atoms with Crippen LogP contribution in [0.15, 0.2) is 174 Å². The van der Waals surface area contributed by atoms with Gasteiger partial charge in [-0.15, -0.1) is 13.2 Å². The van der Waals surface area contributed by atoms with Gasteiger partial charge in [-0.2, -0.15) is 8.78 Å². The SMILES string of the molecule is Cc1noc(C)c1-c1cc2ccc(=O)n(Cc3ccccn3)c2cc1O.Cc1noc(C)c1-c1cc2ccc(=O)n(Cc3ccccn3)c2cc1OC(F)(F)Br.Cc1noc(C)c1-c1cc2ccc(=O)n(Cc3ccccn3)c2cc1OC(F)(F)F. The molecule has 12 rings (SSSR count). The number of aromatic nitrogens is 9. The van der Waals surface area contributed by atoms with Crippen molar-refractivity contribution in [3.63, 3.8) is 0 Å². The minimum absolute atomic E-state index is 0.0762. The van der Waals surface area contributed by atoms with E-state index in [9.17, 15) is 41.4 Å². The minimum atomic E-state index is -4.91. The number of alkyl halides is 6. The molecular formula is C62H49BrF5N9O9. The molecule has 18 nitrogen and oxygen atoms in total. The number of aromatic hydroxyl groups is 1. The molecule has 9 aromatic heterocycles. The fourth-order valence-corrected chi connectivity index (χ4v) is 10.2. The minimum Gasteiger partial charge on any atom is -0.507 e. The Kier molecular flexibility index (Phi) is 16.7. The highest BCUT2D eigenvalue weighted by Crippen LogP contribution is 2.43. The van der Waals surface area contributed by atoms with E-state index in [0.29, 0.717) is 102 Å². The lowest BCUT2D eigenvalue weighted by molar-refractivity contribution is -0.274. The van der Waals surface area contributed by atoms with Crippen LogP contribution in [0.4, 0.5) is 22.0 Å². The Bertz CT molecular complexity index is 4400. The van der Waals surface area contributed by atoms with Crippen LogP contribution in [0, 0.1) is 41.5 Å². The average molecular weight is 1240 g/mol. The first kappa shape index (κ1) is 59.1. The van der Waals surface area contributed by atoms with Gasteiger partial charge in [-0.25, -0.2) is 0 Å². The first-order valence-electron chi connectivity index (χ1n) is 26.2. The maximum absolute atomic E-state index is 13.7. The molecule has 0 atom stereocenters. The van der Waals surface area contributed by atoms with Crippen molar-refractivity contribution in [1.29, 1.82) is 0 Å². The molecule has 0 fully saturated rings. The fourth-order valence-electron chi connectivity index (χ4n) is 10.0. The van der Waals surface area contributed by atoms with Gasteiger partial charge in [-0.05, 0) is 130 Å². The molecule has 86 heavy (non-hydrogen) atoms. The van der Waals surface area contributed by atoms with Gasteiger partial charge < -0.3 is 41.9 Å². The van der Waals surface area contributed by atoms with E-state index < -0.39 is 17.1 Å². The molecule has 12 aromatic rings. The van der Waals surface area contributed by atoms with Crippen molar-refractivity contribution in [1.82, 2.24) is 44.1 Å². The molecule has 9 heterocycles. The van der Waals surface area contributed by atoms with Crippen LogP contribution in [-0.2, 0) is 19.6 Å². The van der Waals surface area contributed by atoms with E-state index in [1.807, 2.05) is 37.3 Å².